The molecule has 0 aromatic carbocycles. The molecular formula is C20H26N6. The molecule has 0 radical (unpaired) electrons. The van der Waals surface area contributed by atoms with E-state index < -0.39 is 0 Å². The standard InChI is InChI=1S/C20H26N6/c1-3-8-26-16(2)17(13-23-26)14-24-11-6-18-19(7-12-24)21-15-22-20(18)25-9-4-5-10-25/h3-5,13,15H,1,6-12,14H2,2H3. The molecule has 26 heavy (non-hydrogen) atoms. The molecule has 0 spiro atoms. The van der Waals surface area contributed by atoms with Gasteiger partial charge in [0.15, 0.2) is 0 Å². The van der Waals surface area contributed by atoms with Gasteiger partial charge in [0.1, 0.15) is 12.1 Å². The molecule has 2 aliphatic heterocycles. The summed E-state index contributed by atoms with van der Waals surface area (Å²) in [6, 6.07) is 0. The van der Waals surface area contributed by atoms with Crippen molar-refractivity contribution in [1.82, 2.24) is 24.6 Å². The molecular weight excluding hydrogens is 324 g/mol. The Kier molecular flexibility index (Phi) is 4.84. The van der Waals surface area contributed by atoms with E-state index in [0.29, 0.717) is 0 Å². The maximum Gasteiger partial charge on any atom is 0.136 e. The first kappa shape index (κ1) is 17.0. The predicted molar refractivity (Wildman–Crippen MR) is 103 cm³/mol. The van der Waals surface area contributed by atoms with E-state index in [-0.39, 0.29) is 0 Å². The summed E-state index contributed by atoms with van der Waals surface area (Å²) in [5.74, 6) is 1.12. The number of nitrogens with zero attached hydrogens (tertiary/aromatic N) is 6. The summed E-state index contributed by atoms with van der Waals surface area (Å²) in [5.41, 5.74) is 5.07. The third-order valence-corrected chi connectivity index (χ3v) is 5.37. The van der Waals surface area contributed by atoms with E-state index in [4.69, 9.17) is 0 Å². The Labute approximate surface area is 154 Å². The van der Waals surface area contributed by atoms with Crippen LogP contribution in [0.2, 0.25) is 0 Å². The van der Waals surface area contributed by atoms with Crippen molar-refractivity contribution < 1.29 is 0 Å². The Morgan fingerprint density at radius 3 is 2.77 bits per heavy atom. The SMILES string of the molecule is C=CCn1ncc(CN2CCc3ncnc(N4CC=CC4)c3CC2)c1C. The maximum absolute atomic E-state index is 4.60. The second-order valence-electron chi connectivity index (χ2n) is 7.00. The number of rotatable bonds is 5. The highest BCUT2D eigenvalue weighted by molar-refractivity contribution is 5.51. The summed E-state index contributed by atoms with van der Waals surface area (Å²) in [6.07, 6.45) is 12.0. The van der Waals surface area contributed by atoms with Crippen LogP contribution in [0.4, 0.5) is 5.82 Å². The van der Waals surface area contributed by atoms with E-state index in [9.17, 15) is 0 Å². The van der Waals surface area contributed by atoms with Gasteiger partial charge in [-0.3, -0.25) is 9.58 Å². The summed E-state index contributed by atoms with van der Waals surface area (Å²) in [6.45, 7) is 11.6. The zero-order chi connectivity index (χ0) is 17.9. The Bertz CT molecular complexity index is 814. The molecule has 2 aliphatic rings. The number of anilines is 1. The third kappa shape index (κ3) is 3.29. The molecule has 0 unspecified atom stereocenters. The van der Waals surface area contributed by atoms with Crippen molar-refractivity contribution in [1.29, 1.82) is 0 Å². The lowest BCUT2D eigenvalue weighted by Crippen LogP contribution is -2.26. The summed E-state index contributed by atoms with van der Waals surface area (Å²) in [7, 11) is 0. The molecule has 0 atom stereocenters. The van der Waals surface area contributed by atoms with Crippen LogP contribution in [0.3, 0.4) is 0 Å². The van der Waals surface area contributed by atoms with Gasteiger partial charge >= 0.3 is 0 Å². The van der Waals surface area contributed by atoms with Crippen LogP contribution in [0.15, 0.2) is 37.3 Å². The minimum Gasteiger partial charge on any atom is -0.349 e. The molecule has 2 aromatic heterocycles. The largest absolute Gasteiger partial charge is 0.349 e. The molecule has 6 heteroatoms. The first-order chi connectivity index (χ1) is 12.8. The Morgan fingerprint density at radius 1 is 1.15 bits per heavy atom. The van der Waals surface area contributed by atoms with Crippen molar-refractivity contribution in [2.24, 2.45) is 0 Å². The fraction of sp³-hybridized carbons (Fsp3) is 0.450. The number of allylic oxidation sites excluding steroid dienone is 1. The monoisotopic (exact) mass is 350 g/mol. The number of fused-ring (bicyclic) bond motifs is 1. The van der Waals surface area contributed by atoms with Crippen LogP contribution in [-0.2, 0) is 25.9 Å². The van der Waals surface area contributed by atoms with E-state index in [1.807, 2.05) is 17.0 Å². The van der Waals surface area contributed by atoms with Crippen molar-refractivity contribution in [2.45, 2.75) is 32.9 Å². The third-order valence-electron chi connectivity index (χ3n) is 5.37. The molecule has 4 rings (SSSR count). The van der Waals surface area contributed by atoms with Gasteiger partial charge in [-0.15, -0.1) is 6.58 Å². The van der Waals surface area contributed by atoms with Crippen LogP contribution in [-0.4, -0.2) is 50.8 Å². The van der Waals surface area contributed by atoms with Crippen LogP contribution < -0.4 is 4.90 Å². The lowest BCUT2D eigenvalue weighted by atomic mass is 10.1. The van der Waals surface area contributed by atoms with E-state index in [0.717, 1.165) is 57.9 Å². The highest BCUT2D eigenvalue weighted by Crippen LogP contribution is 2.25. The predicted octanol–water partition coefficient (Wildman–Crippen LogP) is 2.14. The highest BCUT2D eigenvalue weighted by atomic mass is 15.3. The van der Waals surface area contributed by atoms with Gasteiger partial charge in [0.2, 0.25) is 0 Å². The molecule has 0 bridgehead atoms. The smallest absolute Gasteiger partial charge is 0.136 e. The molecule has 0 saturated heterocycles. The lowest BCUT2D eigenvalue weighted by Gasteiger charge is -2.21. The zero-order valence-electron chi connectivity index (χ0n) is 15.4. The topological polar surface area (TPSA) is 50.1 Å². The zero-order valence-corrected chi connectivity index (χ0v) is 15.4. The molecule has 0 aliphatic carbocycles. The van der Waals surface area contributed by atoms with Gasteiger partial charge in [-0.2, -0.15) is 5.10 Å². The van der Waals surface area contributed by atoms with Crippen molar-refractivity contribution in [3.63, 3.8) is 0 Å². The molecule has 2 aromatic rings. The van der Waals surface area contributed by atoms with Gasteiger partial charge in [0.05, 0.1) is 18.4 Å². The van der Waals surface area contributed by atoms with Crippen LogP contribution in [0.25, 0.3) is 0 Å². The molecule has 4 heterocycles. The Balaban J connectivity index is 1.48. The fourth-order valence-electron chi connectivity index (χ4n) is 3.82. The average molecular weight is 350 g/mol. The normalized spacial score (nSPS) is 17.3. The second kappa shape index (κ2) is 7.41. The number of hydrogen-bond donors (Lipinski definition) is 0. The van der Waals surface area contributed by atoms with Gasteiger partial charge in [0.25, 0.3) is 0 Å². The molecule has 6 nitrogen and oxygen atoms in total. The van der Waals surface area contributed by atoms with Crippen LogP contribution in [0.1, 0.15) is 22.5 Å². The van der Waals surface area contributed by atoms with Gasteiger partial charge in [-0.25, -0.2) is 9.97 Å². The van der Waals surface area contributed by atoms with E-state index in [1.165, 1.54) is 22.5 Å². The van der Waals surface area contributed by atoms with Crippen molar-refractivity contribution in [2.75, 3.05) is 31.1 Å². The van der Waals surface area contributed by atoms with Crippen LogP contribution in [0.5, 0.6) is 0 Å². The van der Waals surface area contributed by atoms with Gasteiger partial charge in [-0.1, -0.05) is 18.2 Å². The quantitative estimate of drug-likeness (QED) is 0.774. The minimum absolute atomic E-state index is 0.764. The fourth-order valence-corrected chi connectivity index (χ4v) is 3.82. The molecule has 136 valence electrons. The number of hydrogen-bond acceptors (Lipinski definition) is 5. The summed E-state index contributed by atoms with van der Waals surface area (Å²) >= 11 is 0. The molecule has 0 N–H and O–H groups in total. The van der Waals surface area contributed by atoms with E-state index in [1.54, 1.807) is 6.33 Å². The summed E-state index contributed by atoms with van der Waals surface area (Å²) in [4.78, 5) is 14.0. The van der Waals surface area contributed by atoms with Crippen molar-refractivity contribution in [3.8, 4) is 0 Å². The highest BCUT2D eigenvalue weighted by Gasteiger charge is 2.22. The Hall–Kier alpha value is -2.47. The molecule has 0 saturated carbocycles. The van der Waals surface area contributed by atoms with Crippen LogP contribution >= 0.6 is 0 Å². The van der Waals surface area contributed by atoms with E-state index in [2.05, 4.69) is 50.5 Å². The average Bonchev–Trinajstić information content (AvgIpc) is 3.24. The molecule has 0 amide bonds. The van der Waals surface area contributed by atoms with Gasteiger partial charge in [0, 0.05) is 56.0 Å². The minimum atomic E-state index is 0.764. The first-order valence-electron chi connectivity index (χ1n) is 9.33. The lowest BCUT2D eigenvalue weighted by molar-refractivity contribution is 0.278. The van der Waals surface area contributed by atoms with Crippen LogP contribution in [0, 0.1) is 6.92 Å². The van der Waals surface area contributed by atoms with Crippen molar-refractivity contribution >= 4 is 5.82 Å². The van der Waals surface area contributed by atoms with Gasteiger partial charge in [-0.05, 0) is 13.3 Å². The molecule has 0 fully saturated rings. The van der Waals surface area contributed by atoms with Gasteiger partial charge < -0.3 is 4.90 Å². The second-order valence-corrected chi connectivity index (χ2v) is 7.00. The summed E-state index contributed by atoms with van der Waals surface area (Å²) in [5, 5.41) is 4.48. The summed E-state index contributed by atoms with van der Waals surface area (Å²) < 4.78 is 2.01. The maximum atomic E-state index is 4.60. The number of aromatic nitrogens is 4. The van der Waals surface area contributed by atoms with Crippen molar-refractivity contribution in [3.05, 3.63) is 59.8 Å². The first-order valence-corrected chi connectivity index (χ1v) is 9.33. The van der Waals surface area contributed by atoms with E-state index >= 15 is 0 Å². The Morgan fingerprint density at radius 2 is 1.96 bits per heavy atom.